The number of benzene rings is 1. The Morgan fingerprint density at radius 2 is 2.20 bits per heavy atom. The molecule has 0 atom stereocenters. The van der Waals surface area contributed by atoms with Crippen LogP contribution in [0.1, 0.15) is 16.8 Å². The summed E-state index contributed by atoms with van der Waals surface area (Å²) in [5, 5.41) is 3.27. The number of nitrogens with one attached hydrogen (secondary N) is 1. The molecule has 78 valence electrons. The van der Waals surface area contributed by atoms with Crippen molar-refractivity contribution in [3.8, 4) is 12.3 Å². The summed E-state index contributed by atoms with van der Waals surface area (Å²) in [5.41, 5.74) is 0.362. The van der Waals surface area contributed by atoms with Gasteiger partial charge < -0.3 is 5.32 Å². The van der Waals surface area contributed by atoms with Gasteiger partial charge in [0.1, 0.15) is 0 Å². The lowest BCUT2D eigenvalue weighted by Crippen LogP contribution is -2.24. The number of rotatable bonds is 3. The molecule has 2 nitrogen and oxygen atoms in total. The number of hydrogen-bond donors (Lipinski definition) is 1. The third-order valence-corrected chi connectivity index (χ3v) is 2.57. The topological polar surface area (TPSA) is 29.1 Å². The van der Waals surface area contributed by atoms with Crippen molar-refractivity contribution in [2.24, 2.45) is 0 Å². The molecular weight excluding hydrogens is 233 g/mol. The molecule has 1 amide bonds. The Labute approximate surface area is 98.6 Å². The summed E-state index contributed by atoms with van der Waals surface area (Å²) in [6.07, 6.45) is 5.55. The molecule has 15 heavy (non-hydrogen) atoms. The van der Waals surface area contributed by atoms with E-state index < -0.39 is 0 Å². The molecule has 1 rings (SSSR count). The Balaban J connectivity index is 2.75. The molecule has 0 radical (unpaired) electrons. The first kappa shape index (κ1) is 11.9. The Hall–Kier alpha value is -1.17. The van der Waals surface area contributed by atoms with Gasteiger partial charge in [-0.1, -0.05) is 29.3 Å². The van der Waals surface area contributed by atoms with E-state index in [1.54, 1.807) is 18.2 Å². The second-order valence-corrected chi connectivity index (χ2v) is 3.60. The highest BCUT2D eigenvalue weighted by Crippen LogP contribution is 2.25. The van der Waals surface area contributed by atoms with Crippen LogP contribution in [-0.4, -0.2) is 12.5 Å². The molecule has 0 unspecified atom stereocenters. The minimum Gasteiger partial charge on any atom is -0.351 e. The van der Waals surface area contributed by atoms with Crippen LogP contribution < -0.4 is 5.32 Å². The lowest BCUT2D eigenvalue weighted by Gasteiger charge is -2.05. The fourth-order valence-electron chi connectivity index (χ4n) is 1.02. The largest absolute Gasteiger partial charge is 0.351 e. The molecule has 0 aliphatic heterocycles. The van der Waals surface area contributed by atoms with Crippen LogP contribution in [0.15, 0.2) is 18.2 Å². The van der Waals surface area contributed by atoms with Gasteiger partial charge in [0.05, 0.1) is 15.6 Å². The third-order valence-electron chi connectivity index (χ3n) is 1.75. The predicted octanol–water partition coefficient (Wildman–Crippen LogP) is 2.75. The van der Waals surface area contributed by atoms with Gasteiger partial charge in [-0.2, -0.15) is 0 Å². The molecule has 0 saturated carbocycles. The van der Waals surface area contributed by atoms with E-state index >= 15 is 0 Å². The van der Waals surface area contributed by atoms with Gasteiger partial charge in [0.25, 0.3) is 5.91 Å². The van der Waals surface area contributed by atoms with Gasteiger partial charge in [-0.3, -0.25) is 4.79 Å². The van der Waals surface area contributed by atoms with E-state index in [4.69, 9.17) is 29.6 Å². The molecule has 0 saturated heterocycles. The summed E-state index contributed by atoms with van der Waals surface area (Å²) in [4.78, 5) is 11.6. The second kappa shape index (κ2) is 5.65. The maximum atomic E-state index is 11.6. The van der Waals surface area contributed by atoms with Gasteiger partial charge in [-0.15, -0.1) is 12.3 Å². The van der Waals surface area contributed by atoms with Crippen molar-refractivity contribution in [3.05, 3.63) is 33.8 Å². The van der Waals surface area contributed by atoms with Crippen molar-refractivity contribution in [2.45, 2.75) is 6.42 Å². The number of halogens is 2. The zero-order valence-electron chi connectivity index (χ0n) is 7.89. The summed E-state index contributed by atoms with van der Waals surface area (Å²) in [6.45, 7) is 0.429. The number of terminal acetylenes is 1. The fourth-order valence-corrected chi connectivity index (χ4v) is 1.41. The molecule has 0 aliphatic carbocycles. The smallest absolute Gasteiger partial charge is 0.252 e. The first-order valence-corrected chi connectivity index (χ1v) is 5.08. The van der Waals surface area contributed by atoms with Crippen LogP contribution in [0.25, 0.3) is 0 Å². The van der Waals surface area contributed by atoms with Crippen molar-refractivity contribution in [1.82, 2.24) is 5.32 Å². The molecule has 1 aromatic carbocycles. The van der Waals surface area contributed by atoms with E-state index in [1.807, 2.05) is 0 Å². The summed E-state index contributed by atoms with van der Waals surface area (Å²) < 4.78 is 0. The van der Waals surface area contributed by atoms with Crippen LogP contribution in [0.2, 0.25) is 10.0 Å². The number of carbonyl (C=O) groups is 1. The highest BCUT2D eigenvalue weighted by atomic mass is 35.5. The first-order chi connectivity index (χ1) is 7.16. The Morgan fingerprint density at radius 1 is 1.47 bits per heavy atom. The number of carbonyl (C=O) groups excluding carboxylic acids is 1. The van der Waals surface area contributed by atoms with Crippen molar-refractivity contribution in [2.75, 3.05) is 6.54 Å². The van der Waals surface area contributed by atoms with Crippen molar-refractivity contribution in [1.29, 1.82) is 0 Å². The van der Waals surface area contributed by atoms with Crippen LogP contribution in [0.4, 0.5) is 0 Å². The van der Waals surface area contributed by atoms with Crippen LogP contribution in [0.3, 0.4) is 0 Å². The number of amides is 1. The van der Waals surface area contributed by atoms with Gasteiger partial charge in [0.2, 0.25) is 0 Å². The summed E-state index contributed by atoms with van der Waals surface area (Å²) in [5.74, 6) is 2.16. The lowest BCUT2D eigenvalue weighted by molar-refractivity contribution is 0.0954. The van der Waals surface area contributed by atoms with Crippen molar-refractivity contribution >= 4 is 29.1 Å². The van der Waals surface area contributed by atoms with Crippen LogP contribution in [-0.2, 0) is 0 Å². The van der Waals surface area contributed by atoms with Gasteiger partial charge in [0.15, 0.2) is 0 Å². The molecule has 4 heteroatoms. The molecule has 0 spiro atoms. The maximum Gasteiger partial charge on any atom is 0.252 e. The lowest BCUT2D eigenvalue weighted by atomic mass is 10.2. The Bertz CT molecular complexity index is 410. The SMILES string of the molecule is C#CCCNC(=O)c1cccc(Cl)c1Cl. The standard InChI is InChI=1S/C11H9Cl2NO/c1-2-3-7-14-11(15)8-5-4-6-9(12)10(8)13/h1,4-6H,3,7H2,(H,14,15). The first-order valence-electron chi connectivity index (χ1n) is 4.32. The average molecular weight is 242 g/mol. The van der Waals surface area contributed by atoms with Gasteiger partial charge in [-0.05, 0) is 12.1 Å². The number of hydrogen-bond acceptors (Lipinski definition) is 1. The maximum absolute atomic E-state index is 11.6. The van der Waals surface area contributed by atoms with Gasteiger partial charge in [-0.25, -0.2) is 0 Å². The van der Waals surface area contributed by atoms with E-state index in [9.17, 15) is 4.79 Å². The molecule has 0 bridgehead atoms. The quantitative estimate of drug-likeness (QED) is 0.640. The molecule has 0 aromatic heterocycles. The minimum absolute atomic E-state index is 0.261. The Morgan fingerprint density at radius 3 is 2.87 bits per heavy atom. The molecule has 0 heterocycles. The van der Waals surface area contributed by atoms with Crippen LogP contribution in [0, 0.1) is 12.3 Å². The van der Waals surface area contributed by atoms with E-state index in [1.165, 1.54) is 0 Å². The second-order valence-electron chi connectivity index (χ2n) is 2.81. The molecule has 1 aromatic rings. The van der Waals surface area contributed by atoms with Crippen molar-refractivity contribution < 1.29 is 4.79 Å². The monoisotopic (exact) mass is 241 g/mol. The van der Waals surface area contributed by atoms with E-state index in [2.05, 4.69) is 11.2 Å². The minimum atomic E-state index is -0.266. The summed E-state index contributed by atoms with van der Waals surface area (Å²) >= 11 is 11.6. The fraction of sp³-hybridized carbons (Fsp3) is 0.182. The average Bonchev–Trinajstić information content (AvgIpc) is 2.22. The normalized spacial score (nSPS) is 9.40. The highest BCUT2D eigenvalue weighted by Gasteiger charge is 2.11. The van der Waals surface area contributed by atoms with Gasteiger partial charge >= 0.3 is 0 Å². The van der Waals surface area contributed by atoms with Crippen molar-refractivity contribution in [3.63, 3.8) is 0 Å². The summed E-state index contributed by atoms with van der Waals surface area (Å²) in [6, 6.07) is 4.91. The molecular formula is C11H9Cl2NO. The zero-order chi connectivity index (χ0) is 11.3. The van der Waals surface area contributed by atoms with Gasteiger partial charge in [0, 0.05) is 13.0 Å². The molecule has 1 N–H and O–H groups in total. The predicted molar refractivity (Wildman–Crippen MR) is 62.2 cm³/mol. The Kier molecular flexibility index (Phi) is 4.48. The van der Waals surface area contributed by atoms with Crippen LogP contribution in [0.5, 0.6) is 0 Å². The highest BCUT2D eigenvalue weighted by molar-refractivity contribution is 6.43. The van der Waals surface area contributed by atoms with Crippen LogP contribution >= 0.6 is 23.2 Å². The zero-order valence-corrected chi connectivity index (χ0v) is 9.40. The third kappa shape index (κ3) is 3.16. The molecule has 0 aliphatic rings. The van der Waals surface area contributed by atoms with E-state index in [0.717, 1.165) is 0 Å². The van der Waals surface area contributed by atoms with E-state index in [0.29, 0.717) is 23.6 Å². The summed E-state index contributed by atoms with van der Waals surface area (Å²) in [7, 11) is 0. The molecule has 0 fully saturated rings. The van der Waals surface area contributed by atoms with E-state index in [-0.39, 0.29) is 10.9 Å².